The Morgan fingerprint density at radius 1 is 1.37 bits per heavy atom. The van der Waals surface area contributed by atoms with Crippen molar-refractivity contribution in [2.24, 2.45) is 5.73 Å². The van der Waals surface area contributed by atoms with Crippen LogP contribution in [0, 0.1) is 0 Å². The summed E-state index contributed by atoms with van der Waals surface area (Å²) < 4.78 is 25.8. The van der Waals surface area contributed by atoms with Crippen molar-refractivity contribution in [1.29, 1.82) is 0 Å². The van der Waals surface area contributed by atoms with Gasteiger partial charge < -0.3 is 10.6 Å². The molecule has 0 amide bonds. The SMILES string of the molecule is CC(N)(Cc1cccnc1N1CCCCC1)C(F)F. The third-order valence-corrected chi connectivity index (χ3v) is 3.59. The average molecular weight is 269 g/mol. The van der Waals surface area contributed by atoms with E-state index >= 15 is 0 Å². The summed E-state index contributed by atoms with van der Waals surface area (Å²) in [6, 6.07) is 3.63. The maximum Gasteiger partial charge on any atom is 0.256 e. The van der Waals surface area contributed by atoms with E-state index in [0.717, 1.165) is 37.3 Å². The summed E-state index contributed by atoms with van der Waals surface area (Å²) in [7, 11) is 0. The van der Waals surface area contributed by atoms with Crippen LogP contribution in [0.5, 0.6) is 0 Å². The van der Waals surface area contributed by atoms with E-state index in [4.69, 9.17) is 5.73 Å². The van der Waals surface area contributed by atoms with Crippen molar-refractivity contribution in [3.05, 3.63) is 23.9 Å². The van der Waals surface area contributed by atoms with Gasteiger partial charge in [0, 0.05) is 19.3 Å². The van der Waals surface area contributed by atoms with Gasteiger partial charge >= 0.3 is 0 Å². The number of rotatable bonds is 4. The Labute approximate surface area is 112 Å². The molecule has 19 heavy (non-hydrogen) atoms. The number of anilines is 1. The Balaban J connectivity index is 2.20. The second-order valence-electron chi connectivity index (χ2n) is 5.52. The van der Waals surface area contributed by atoms with Crippen molar-refractivity contribution in [3.8, 4) is 0 Å². The van der Waals surface area contributed by atoms with E-state index in [0.29, 0.717) is 0 Å². The third kappa shape index (κ3) is 3.41. The molecule has 1 fully saturated rings. The van der Waals surface area contributed by atoms with Crippen molar-refractivity contribution in [3.63, 3.8) is 0 Å². The van der Waals surface area contributed by atoms with Crippen LogP contribution in [0.1, 0.15) is 31.7 Å². The van der Waals surface area contributed by atoms with Gasteiger partial charge in [-0.25, -0.2) is 13.8 Å². The molecule has 0 aliphatic carbocycles. The number of nitrogens with two attached hydrogens (primary N) is 1. The molecule has 106 valence electrons. The minimum atomic E-state index is -2.54. The fourth-order valence-corrected chi connectivity index (χ4v) is 2.45. The maximum atomic E-state index is 12.9. The predicted octanol–water partition coefficient (Wildman–Crippen LogP) is 2.60. The zero-order chi connectivity index (χ0) is 13.9. The fourth-order valence-electron chi connectivity index (χ4n) is 2.45. The fraction of sp³-hybridized carbons (Fsp3) is 0.643. The van der Waals surface area contributed by atoms with Crippen LogP contribution < -0.4 is 10.6 Å². The van der Waals surface area contributed by atoms with Gasteiger partial charge in [0.1, 0.15) is 5.82 Å². The molecule has 2 heterocycles. The topological polar surface area (TPSA) is 42.1 Å². The van der Waals surface area contributed by atoms with Crippen LogP contribution in [0.25, 0.3) is 0 Å². The lowest BCUT2D eigenvalue weighted by Crippen LogP contribution is -2.46. The first kappa shape index (κ1) is 14.2. The zero-order valence-electron chi connectivity index (χ0n) is 11.3. The summed E-state index contributed by atoms with van der Waals surface area (Å²) in [5, 5.41) is 0. The first-order valence-corrected chi connectivity index (χ1v) is 6.76. The van der Waals surface area contributed by atoms with Gasteiger partial charge in [-0.05, 0) is 44.2 Å². The summed E-state index contributed by atoms with van der Waals surface area (Å²) in [4.78, 5) is 6.55. The Morgan fingerprint density at radius 3 is 2.68 bits per heavy atom. The quantitative estimate of drug-likeness (QED) is 0.913. The standard InChI is InChI=1S/C14H21F2N3/c1-14(17,13(15)16)10-11-6-5-7-18-12(11)19-8-3-2-4-9-19/h5-7,13H,2-4,8-10,17H2,1H3. The van der Waals surface area contributed by atoms with Crippen LogP contribution in [-0.2, 0) is 6.42 Å². The molecule has 3 nitrogen and oxygen atoms in total. The average Bonchev–Trinajstić information content (AvgIpc) is 2.40. The predicted molar refractivity (Wildman–Crippen MR) is 72.6 cm³/mol. The number of aromatic nitrogens is 1. The van der Waals surface area contributed by atoms with Gasteiger partial charge in [0.05, 0.1) is 5.54 Å². The third-order valence-electron chi connectivity index (χ3n) is 3.59. The van der Waals surface area contributed by atoms with Gasteiger partial charge in [-0.15, -0.1) is 0 Å². The van der Waals surface area contributed by atoms with Crippen molar-refractivity contribution in [2.45, 2.75) is 44.6 Å². The Bertz CT molecular complexity index is 415. The van der Waals surface area contributed by atoms with Crippen molar-refractivity contribution in [1.82, 2.24) is 4.98 Å². The summed E-state index contributed by atoms with van der Waals surface area (Å²) in [5.41, 5.74) is 5.00. The second kappa shape index (κ2) is 5.82. The minimum absolute atomic E-state index is 0.143. The first-order chi connectivity index (χ1) is 9.00. The van der Waals surface area contributed by atoms with Gasteiger partial charge in [-0.2, -0.15) is 0 Å². The van der Waals surface area contributed by atoms with Crippen LogP contribution in [0.15, 0.2) is 18.3 Å². The highest BCUT2D eigenvalue weighted by Gasteiger charge is 2.32. The Morgan fingerprint density at radius 2 is 2.05 bits per heavy atom. The molecular formula is C14H21F2N3. The van der Waals surface area contributed by atoms with E-state index in [1.807, 2.05) is 6.07 Å². The highest BCUT2D eigenvalue weighted by Crippen LogP contribution is 2.26. The zero-order valence-corrected chi connectivity index (χ0v) is 11.3. The lowest BCUT2D eigenvalue weighted by molar-refractivity contribution is 0.0639. The van der Waals surface area contributed by atoms with E-state index in [-0.39, 0.29) is 6.42 Å². The van der Waals surface area contributed by atoms with Crippen LogP contribution >= 0.6 is 0 Å². The van der Waals surface area contributed by atoms with Crippen molar-refractivity contribution >= 4 is 5.82 Å². The Kier molecular flexibility index (Phi) is 4.34. The Hall–Kier alpha value is -1.23. The molecule has 1 aliphatic rings. The number of hydrogen-bond acceptors (Lipinski definition) is 3. The molecule has 1 aromatic heterocycles. The molecule has 0 bridgehead atoms. The molecule has 2 rings (SSSR count). The normalized spacial score (nSPS) is 19.5. The van der Waals surface area contributed by atoms with Gasteiger partial charge in [-0.1, -0.05) is 6.07 Å². The number of hydrogen-bond donors (Lipinski definition) is 1. The number of pyridine rings is 1. The molecule has 0 spiro atoms. The molecule has 2 N–H and O–H groups in total. The summed E-state index contributed by atoms with van der Waals surface area (Å²) in [6.45, 7) is 3.28. The molecule has 0 radical (unpaired) electrons. The van der Waals surface area contributed by atoms with E-state index < -0.39 is 12.0 Å². The van der Waals surface area contributed by atoms with E-state index in [2.05, 4.69) is 9.88 Å². The summed E-state index contributed by atoms with van der Waals surface area (Å²) in [6.07, 6.45) is 2.80. The largest absolute Gasteiger partial charge is 0.356 e. The van der Waals surface area contributed by atoms with Gasteiger partial charge in [-0.3, -0.25) is 0 Å². The molecular weight excluding hydrogens is 248 g/mol. The lowest BCUT2D eigenvalue weighted by Gasteiger charge is -2.31. The first-order valence-electron chi connectivity index (χ1n) is 6.76. The van der Waals surface area contributed by atoms with E-state index in [1.165, 1.54) is 13.3 Å². The highest BCUT2D eigenvalue weighted by molar-refractivity contribution is 5.47. The van der Waals surface area contributed by atoms with E-state index in [9.17, 15) is 8.78 Å². The monoisotopic (exact) mass is 269 g/mol. The van der Waals surface area contributed by atoms with Crippen LogP contribution in [0.3, 0.4) is 0 Å². The molecule has 5 heteroatoms. The van der Waals surface area contributed by atoms with Crippen molar-refractivity contribution < 1.29 is 8.78 Å². The molecule has 1 aromatic rings. The number of piperidine rings is 1. The van der Waals surface area contributed by atoms with Gasteiger partial charge in [0.25, 0.3) is 6.43 Å². The molecule has 1 unspecified atom stereocenters. The van der Waals surface area contributed by atoms with Crippen molar-refractivity contribution in [2.75, 3.05) is 18.0 Å². The van der Waals surface area contributed by atoms with Gasteiger partial charge in [0.2, 0.25) is 0 Å². The molecule has 1 atom stereocenters. The van der Waals surface area contributed by atoms with E-state index in [1.54, 1.807) is 12.3 Å². The summed E-state index contributed by atoms with van der Waals surface area (Å²) in [5.74, 6) is 0.819. The van der Waals surface area contributed by atoms with Crippen LogP contribution in [-0.4, -0.2) is 30.0 Å². The molecule has 1 aliphatic heterocycles. The smallest absolute Gasteiger partial charge is 0.256 e. The number of alkyl halides is 2. The van der Waals surface area contributed by atoms with Crippen LogP contribution in [0.4, 0.5) is 14.6 Å². The minimum Gasteiger partial charge on any atom is -0.356 e. The molecule has 1 saturated heterocycles. The number of halogens is 2. The van der Waals surface area contributed by atoms with Crippen LogP contribution in [0.2, 0.25) is 0 Å². The second-order valence-corrected chi connectivity index (χ2v) is 5.52. The number of nitrogens with zero attached hydrogens (tertiary/aromatic N) is 2. The molecule has 0 aromatic carbocycles. The van der Waals surface area contributed by atoms with Gasteiger partial charge in [0.15, 0.2) is 0 Å². The highest BCUT2D eigenvalue weighted by atomic mass is 19.3. The summed E-state index contributed by atoms with van der Waals surface area (Å²) >= 11 is 0. The maximum absolute atomic E-state index is 12.9. The lowest BCUT2D eigenvalue weighted by atomic mass is 9.94. The molecule has 0 saturated carbocycles.